The Labute approximate surface area is 244 Å². The molecule has 1 amide bonds. The van der Waals surface area contributed by atoms with Crippen LogP contribution in [-0.4, -0.2) is 56.7 Å². The summed E-state index contributed by atoms with van der Waals surface area (Å²) in [6, 6.07) is 26.9. The highest BCUT2D eigenvalue weighted by Crippen LogP contribution is 2.48. The average Bonchev–Trinajstić information content (AvgIpc) is 3.80. The summed E-state index contributed by atoms with van der Waals surface area (Å²) in [6.07, 6.45) is 2.37. The minimum atomic E-state index is -0.294. The van der Waals surface area contributed by atoms with Crippen molar-refractivity contribution in [3.05, 3.63) is 113 Å². The zero-order valence-corrected chi connectivity index (χ0v) is 23.7. The van der Waals surface area contributed by atoms with Crippen molar-refractivity contribution in [3.8, 4) is 5.69 Å². The Morgan fingerprint density at radius 1 is 0.881 bits per heavy atom. The maximum atomic E-state index is 13.7. The number of carbonyl (C=O) groups excluding carboxylic acids is 1. The first-order valence-electron chi connectivity index (χ1n) is 14.7. The van der Waals surface area contributed by atoms with Crippen LogP contribution in [-0.2, 0) is 11.2 Å². The van der Waals surface area contributed by atoms with Gasteiger partial charge in [0, 0.05) is 38.5 Å². The molecule has 1 aliphatic carbocycles. The lowest BCUT2D eigenvalue weighted by Gasteiger charge is -2.24. The van der Waals surface area contributed by atoms with Crippen molar-refractivity contribution < 1.29 is 9.18 Å². The summed E-state index contributed by atoms with van der Waals surface area (Å²) in [4.78, 5) is 27.9. The molecule has 0 bridgehead atoms. The summed E-state index contributed by atoms with van der Waals surface area (Å²) >= 11 is 0. The van der Waals surface area contributed by atoms with E-state index in [2.05, 4.69) is 29.2 Å². The predicted octanol–water partition coefficient (Wildman–Crippen LogP) is 5.70. The van der Waals surface area contributed by atoms with E-state index in [4.69, 9.17) is 15.1 Å². The number of aryl methyl sites for hydroxylation is 1. The lowest BCUT2D eigenvalue weighted by atomic mass is 10.1. The number of anilines is 1. The third-order valence-electron chi connectivity index (χ3n) is 8.45. The normalized spacial score (nSPS) is 18.7. The Hall–Kier alpha value is -4.59. The summed E-state index contributed by atoms with van der Waals surface area (Å²) in [5.41, 5.74) is 4.65. The van der Waals surface area contributed by atoms with Crippen molar-refractivity contribution in [3.63, 3.8) is 0 Å². The van der Waals surface area contributed by atoms with Gasteiger partial charge < -0.3 is 9.80 Å². The summed E-state index contributed by atoms with van der Waals surface area (Å²) in [5, 5.41) is 5.72. The van der Waals surface area contributed by atoms with Gasteiger partial charge in [0.15, 0.2) is 5.65 Å². The molecule has 7 rings (SSSR count). The highest BCUT2D eigenvalue weighted by molar-refractivity contribution is 5.91. The van der Waals surface area contributed by atoms with E-state index >= 15 is 0 Å². The van der Waals surface area contributed by atoms with E-state index in [0.29, 0.717) is 36.9 Å². The molecule has 8 heteroatoms. The average molecular weight is 561 g/mol. The molecule has 3 aromatic carbocycles. The molecule has 2 fully saturated rings. The lowest BCUT2D eigenvalue weighted by Crippen LogP contribution is -2.36. The number of rotatable bonds is 6. The summed E-state index contributed by atoms with van der Waals surface area (Å²) < 4.78 is 15.5. The van der Waals surface area contributed by atoms with E-state index in [1.165, 1.54) is 17.7 Å². The molecule has 0 radical (unpaired) electrons. The molecule has 7 nitrogen and oxygen atoms in total. The molecular formula is C34H33FN6O. The molecule has 2 aliphatic rings. The van der Waals surface area contributed by atoms with Crippen molar-refractivity contribution >= 4 is 22.8 Å². The van der Waals surface area contributed by atoms with Crippen LogP contribution in [0.4, 0.5) is 10.2 Å². The number of nitrogens with zero attached hydrogens (tertiary/aromatic N) is 6. The van der Waals surface area contributed by atoms with Crippen molar-refractivity contribution in [2.75, 3.05) is 31.1 Å². The quantitative estimate of drug-likeness (QED) is 0.267. The molecule has 3 heterocycles. The number of hydrogen-bond acceptors (Lipinski definition) is 5. The van der Waals surface area contributed by atoms with Crippen molar-refractivity contribution in [2.24, 2.45) is 5.92 Å². The molecular weight excluding hydrogens is 527 g/mol. The Bertz CT molecular complexity index is 1720. The first-order valence-corrected chi connectivity index (χ1v) is 14.7. The number of hydrogen-bond donors (Lipinski definition) is 0. The fraction of sp³-hybridized carbons (Fsp3) is 0.294. The largest absolute Gasteiger partial charge is 0.354 e. The maximum absolute atomic E-state index is 13.7. The van der Waals surface area contributed by atoms with E-state index in [0.717, 1.165) is 54.1 Å². The molecule has 1 aliphatic heterocycles. The summed E-state index contributed by atoms with van der Waals surface area (Å²) in [5.74, 6) is 1.94. The number of benzene rings is 3. The van der Waals surface area contributed by atoms with Gasteiger partial charge in [-0.2, -0.15) is 5.10 Å². The Morgan fingerprint density at radius 2 is 1.62 bits per heavy atom. The zero-order chi connectivity index (χ0) is 28.6. The molecule has 1 unspecified atom stereocenters. The molecule has 42 heavy (non-hydrogen) atoms. The molecule has 5 aromatic rings. The van der Waals surface area contributed by atoms with Gasteiger partial charge in [-0.1, -0.05) is 60.7 Å². The Kier molecular flexibility index (Phi) is 6.90. The van der Waals surface area contributed by atoms with Crippen LogP contribution in [0.1, 0.15) is 41.4 Å². The molecule has 1 saturated carbocycles. The smallest absolute Gasteiger partial charge is 0.226 e. The first kappa shape index (κ1) is 26.3. The van der Waals surface area contributed by atoms with E-state index < -0.39 is 0 Å². The molecule has 0 spiro atoms. The fourth-order valence-electron chi connectivity index (χ4n) is 6.17. The van der Waals surface area contributed by atoms with Gasteiger partial charge >= 0.3 is 0 Å². The van der Waals surface area contributed by atoms with E-state index in [1.807, 2.05) is 48.2 Å². The molecule has 2 atom stereocenters. The monoisotopic (exact) mass is 560 g/mol. The van der Waals surface area contributed by atoms with Crippen molar-refractivity contribution in [1.29, 1.82) is 0 Å². The summed E-state index contributed by atoms with van der Waals surface area (Å²) in [6.45, 7) is 4.84. The first-order chi connectivity index (χ1) is 20.5. The van der Waals surface area contributed by atoms with Gasteiger partial charge in [0.2, 0.25) is 5.91 Å². The molecule has 212 valence electrons. The van der Waals surface area contributed by atoms with Crippen molar-refractivity contribution in [1.82, 2.24) is 24.6 Å². The third kappa shape index (κ3) is 5.13. The second-order valence-electron chi connectivity index (χ2n) is 11.3. The van der Waals surface area contributed by atoms with Gasteiger partial charge in [0.1, 0.15) is 17.5 Å². The van der Waals surface area contributed by atoms with Crippen LogP contribution >= 0.6 is 0 Å². The van der Waals surface area contributed by atoms with Gasteiger partial charge in [0.05, 0.1) is 16.8 Å². The van der Waals surface area contributed by atoms with Gasteiger partial charge in [-0.15, -0.1) is 0 Å². The number of fused-ring (bicyclic) bond motifs is 1. The van der Waals surface area contributed by atoms with Crippen LogP contribution in [0, 0.1) is 18.7 Å². The molecule has 2 aromatic heterocycles. The number of halogens is 1. The van der Waals surface area contributed by atoms with Gasteiger partial charge in [0.25, 0.3) is 0 Å². The standard InChI is InChI=1S/C34H33FN6O/c1-23-31-32(39-17-8-18-40(20-19-39)34(42)29-22-28(29)25-11-6-3-7-12-25)36-30(21-24-9-4-2-5-10-24)37-33(31)41(38-23)27-15-13-26(35)14-16-27/h2-7,9-16,28-29H,8,17-22H2,1H3/t28-,29?/m0/s1. The topological polar surface area (TPSA) is 67.2 Å². The third-order valence-corrected chi connectivity index (χ3v) is 8.45. The second kappa shape index (κ2) is 11.0. The van der Waals surface area contributed by atoms with Crippen LogP contribution in [0.2, 0.25) is 0 Å². The van der Waals surface area contributed by atoms with E-state index in [9.17, 15) is 9.18 Å². The highest BCUT2D eigenvalue weighted by atomic mass is 19.1. The van der Waals surface area contributed by atoms with E-state index in [-0.39, 0.29) is 17.6 Å². The SMILES string of the molecule is Cc1nn(-c2ccc(F)cc2)c2nc(Cc3ccccc3)nc(N3CCCN(C(=O)C4C[C@H]4c4ccccc4)CC3)c12. The maximum Gasteiger partial charge on any atom is 0.226 e. The summed E-state index contributed by atoms with van der Waals surface area (Å²) in [7, 11) is 0. The zero-order valence-electron chi connectivity index (χ0n) is 23.7. The molecule has 0 N–H and O–H groups in total. The number of aromatic nitrogens is 4. The second-order valence-corrected chi connectivity index (χ2v) is 11.3. The van der Waals surface area contributed by atoms with Crippen LogP contribution in [0.3, 0.4) is 0 Å². The van der Waals surface area contributed by atoms with Crippen molar-refractivity contribution in [2.45, 2.75) is 32.1 Å². The van der Waals surface area contributed by atoms with E-state index in [1.54, 1.807) is 16.8 Å². The Balaban J connectivity index is 1.19. The van der Waals surface area contributed by atoms with Crippen LogP contribution < -0.4 is 4.90 Å². The van der Waals surface area contributed by atoms with Gasteiger partial charge in [-0.25, -0.2) is 19.0 Å². The molecule has 1 saturated heterocycles. The van der Waals surface area contributed by atoms with Gasteiger partial charge in [-0.3, -0.25) is 4.79 Å². The number of carbonyl (C=O) groups is 1. The minimum absolute atomic E-state index is 0.0818. The Morgan fingerprint density at radius 3 is 2.38 bits per heavy atom. The van der Waals surface area contributed by atoms with Crippen LogP contribution in [0.25, 0.3) is 16.7 Å². The fourth-order valence-corrected chi connectivity index (χ4v) is 6.17. The lowest BCUT2D eigenvalue weighted by molar-refractivity contribution is -0.132. The predicted molar refractivity (Wildman–Crippen MR) is 161 cm³/mol. The minimum Gasteiger partial charge on any atom is -0.354 e. The highest BCUT2D eigenvalue weighted by Gasteiger charge is 2.45. The van der Waals surface area contributed by atoms with Crippen LogP contribution in [0.15, 0.2) is 84.9 Å². The van der Waals surface area contributed by atoms with Crippen LogP contribution in [0.5, 0.6) is 0 Å². The van der Waals surface area contributed by atoms with Gasteiger partial charge in [-0.05, 0) is 61.1 Å². The number of amides is 1.